The highest BCUT2D eigenvalue weighted by molar-refractivity contribution is 9.10. The van der Waals surface area contributed by atoms with Crippen LogP contribution in [0.25, 0.3) is 6.08 Å². The monoisotopic (exact) mass is 337 g/mol. The van der Waals surface area contributed by atoms with Gasteiger partial charge in [-0.1, -0.05) is 25.3 Å². The Balaban J connectivity index is 2.13. The molecule has 0 radical (unpaired) electrons. The number of carbonyl (C=O) groups is 1. The quantitative estimate of drug-likeness (QED) is 0.835. The van der Waals surface area contributed by atoms with Gasteiger partial charge >= 0.3 is 5.97 Å². The van der Waals surface area contributed by atoms with Crippen molar-refractivity contribution in [3.63, 3.8) is 0 Å². The predicted octanol–water partition coefficient (Wildman–Crippen LogP) is 4.32. The molecule has 2 rings (SSSR count). The number of hydrogen-bond donors (Lipinski definition) is 1. The Morgan fingerprint density at radius 3 is 2.40 bits per heavy atom. The van der Waals surface area contributed by atoms with Crippen LogP contribution in [-0.2, 0) is 4.79 Å². The number of hydrogen-bond acceptors (Lipinski definition) is 2. The predicted molar refractivity (Wildman–Crippen MR) is 86.1 cm³/mol. The minimum atomic E-state index is -0.922. The first-order chi connectivity index (χ1) is 9.66. The molecule has 1 fully saturated rings. The lowest BCUT2D eigenvalue weighted by Crippen LogP contribution is -2.27. The van der Waals surface area contributed by atoms with E-state index in [1.807, 2.05) is 12.1 Å². The normalized spacial score (nSPS) is 16.9. The molecule has 20 heavy (non-hydrogen) atoms. The summed E-state index contributed by atoms with van der Waals surface area (Å²) in [4.78, 5) is 13.0. The average molecular weight is 338 g/mol. The molecule has 3 nitrogen and oxygen atoms in total. The van der Waals surface area contributed by atoms with E-state index in [-0.39, 0.29) is 0 Å². The second-order valence-electron chi connectivity index (χ2n) is 5.14. The fourth-order valence-electron chi connectivity index (χ4n) is 2.54. The van der Waals surface area contributed by atoms with Crippen molar-refractivity contribution in [2.45, 2.75) is 32.1 Å². The van der Waals surface area contributed by atoms with E-state index in [4.69, 9.17) is 5.11 Å². The Morgan fingerprint density at radius 1 is 1.15 bits per heavy atom. The van der Waals surface area contributed by atoms with Gasteiger partial charge in [-0.25, -0.2) is 4.79 Å². The van der Waals surface area contributed by atoms with Crippen LogP contribution in [0.4, 0.5) is 5.69 Å². The number of nitrogens with zero attached hydrogens (tertiary/aromatic N) is 1. The van der Waals surface area contributed by atoms with Crippen molar-refractivity contribution in [3.8, 4) is 0 Å². The third kappa shape index (κ3) is 4.37. The number of halogens is 1. The Kier molecular flexibility index (Phi) is 5.65. The Bertz CT molecular complexity index is 491. The van der Waals surface area contributed by atoms with E-state index in [1.165, 1.54) is 37.8 Å². The third-order valence-electron chi connectivity index (χ3n) is 3.59. The van der Waals surface area contributed by atoms with Crippen molar-refractivity contribution in [2.24, 2.45) is 0 Å². The highest BCUT2D eigenvalue weighted by atomic mass is 79.9. The smallest absolute Gasteiger partial charge is 0.328 e. The Labute approximate surface area is 128 Å². The molecule has 1 saturated heterocycles. The summed E-state index contributed by atoms with van der Waals surface area (Å²) < 4.78 is 1.03. The SMILES string of the molecule is O=C(O)/C=C/c1ccc(N2CCCCCCC2)c(Br)c1. The van der Waals surface area contributed by atoms with E-state index in [1.54, 1.807) is 6.08 Å². The fraction of sp³-hybridized carbons (Fsp3) is 0.438. The van der Waals surface area contributed by atoms with Gasteiger partial charge in [-0.05, 0) is 52.5 Å². The first kappa shape index (κ1) is 15.1. The summed E-state index contributed by atoms with van der Waals surface area (Å²) in [6.07, 6.45) is 9.25. The molecule has 0 unspecified atom stereocenters. The molecular formula is C16H20BrNO2. The number of aliphatic carboxylic acids is 1. The largest absolute Gasteiger partial charge is 0.478 e. The van der Waals surface area contributed by atoms with Crippen LogP contribution in [0, 0.1) is 0 Å². The van der Waals surface area contributed by atoms with Crippen LogP contribution >= 0.6 is 15.9 Å². The standard InChI is InChI=1S/C16H20BrNO2/c17-14-12-13(7-9-16(19)20)6-8-15(14)18-10-4-2-1-3-5-11-18/h6-9,12H,1-5,10-11H2,(H,19,20)/b9-7+. The van der Waals surface area contributed by atoms with Gasteiger partial charge in [-0.2, -0.15) is 0 Å². The zero-order valence-electron chi connectivity index (χ0n) is 11.5. The lowest BCUT2D eigenvalue weighted by molar-refractivity contribution is -0.131. The molecule has 1 N–H and O–H groups in total. The number of rotatable bonds is 3. The summed E-state index contributed by atoms with van der Waals surface area (Å²) >= 11 is 3.61. The number of carboxylic acids is 1. The van der Waals surface area contributed by atoms with Crippen LogP contribution < -0.4 is 4.90 Å². The zero-order chi connectivity index (χ0) is 14.4. The lowest BCUT2D eigenvalue weighted by atomic mass is 10.1. The molecule has 0 aliphatic carbocycles. The van der Waals surface area contributed by atoms with Crippen molar-refractivity contribution in [3.05, 3.63) is 34.3 Å². The summed E-state index contributed by atoms with van der Waals surface area (Å²) in [5, 5.41) is 8.65. The van der Waals surface area contributed by atoms with E-state index in [2.05, 4.69) is 26.9 Å². The molecule has 0 aromatic heterocycles. The Morgan fingerprint density at radius 2 is 1.80 bits per heavy atom. The van der Waals surface area contributed by atoms with Gasteiger partial charge in [0.05, 0.1) is 5.69 Å². The zero-order valence-corrected chi connectivity index (χ0v) is 13.1. The molecule has 0 spiro atoms. The summed E-state index contributed by atoms with van der Waals surface area (Å²) in [6, 6.07) is 6.03. The second kappa shape index (κ2) is 7.48. The van der Waals surface area contributed by atoms with E-state index in [0.717, 1.165) is 29.2 Å². The molecule has 1 aromatic carbocycles. The molecule has 4 heteroatoms. The van der Waals surface area contributed by atoms with E-state index in [9.17, 15) is 4.79 Å². The molecular weight excluding hydrogens is 318 g/mol. The molecule has 1 aliphatic rings. The third-order valence-corrected chi connectivity index (χ3v) is 4.22. The van der Waals surface area contributed by atoms with Gasteiger partial charge in [0.1, 0.15) is 0 Å². The number of carboxylic acid groups (broad SMARTS) is 1. The molecule has 108 valence electrons. The fourth-order valence-corrected chi connectivity index (χ4v) is 3.19. The topological polar surface area (TPSA) is 40.5 Å². The molecule has 1 heterocycles. The van der Waals surface area contributed by atoms with Crippen LogP contribution in [0.15, 0.2) is 28.7 Å². The maximum Gasteiger partial charge on any atom is 0.328 e. The minimum Gasteiger partial charge on any atom is -0.478 e. The van der Waals surface area contributed by atoms with Gasteiger partial charge < -0.3 is 10.0 Å². The van der Waals surface area contributed by atoms with Crippen LogP contribution in [0.3, 0.4) is 0 Å². The highest BCUT2D eigenvalue weighted by Gasteiger charge is 2.12. The first-order valence-corrected chi connectivity index (χ1v) is 7.91. The molecule has 1 aliphatic heterocycles. The van der Waals surface area contributed by atoms with Crippen molar-refractivity contribution in [2.75, 3.05) is 18.0 Å². The van der Waals surface area contributed by atoms with E-state index >= 15 is 0 Å². The van der Waals surface area contributed by atoms with Crippen LogP contribution in [-0.4, -0.2) is 24.2 Å². The first-order valence-electron chi connectivity index (χ1n) is 7.12. The summed E-state index contributed by atoms with van der Waals surface area (Å²) in [7, 11) is 0. The summed E-state index contributed by atoms with van der Waals surface area (Å²) in [6.45, 7) is 2.20. The molecule has 0 amide bonds. The summed E-state index contributed by atoms with van der Waals surface area (Å²) in [5.41, 5.74) is 2.11. The molecule has 0 bridgehead atoms. The summed E-state index contributed by atoms with van der Waals surface area (Å²) in [5.74, 6) is -0.922. The van der Waals surface area contributed by atoms with Gasteiger partial charge in [-0.15, -0.1) is 0 Å². The molecule has 0 atom stereocenters. The van der Waals surface area contributed by atoms with Crippen LogP contribution in [0.5, 0.6) is 0 Å². The van der Waals surface area contributed by atoms with Crippen molar-refractivity contribution in [1.29, 1.82) is 0 Å². The van der Waals surface area contributed by atoms with E-state index < -0.39 is 5.97 Å². The van der Waals surface area contributed by atoms with Gasteiger partial charge in [0.25, 0.3) is 0 Å². The highest BCUT2D eigenvalue weighted by Crippen LogP contribution is 2.29. The van der Waals surface area contributed by atoms with Crippen molar-refractivity contribution >= 4 is 33.7 Å². The van der Waals surface area contributed by atoms with Crippen LogP contribution in [0.2, 0.25) is 0 Å². The van der Waals surface area contributed by atoms with Gasteiger partial charge in [0.15, 0.2) is 0 Å². The molecule has 1 aromatic rings. The minimum absolute atomic E-state index is 0.898. The molecule has 0 saturated carbocycles. The maximum atomic E-state index is 10.5. The van der Waals surface area contributed by atoms with Crippen molar-refractivity contribution in [1.82, 2.24) is 0 Å². The average Bonchev–Trinajstić information content (AvgIpc) is 2.37. The van der Waals surface area contributed by atoms with Gasteiger partial charge in [0.2, 0.25) is 0 Å². The maximum absolute atomic E-state index is 10.5. The van der Waals surface area contributed by atoms with Crippen molar-refractivity contribution < 1.29 is 9.90 Å². The van der Waals surface area contributed by atoms with E-state index in [0.29, 0.717) is 0 Å². The van der Waals surface area contributed by atoms with Crippen LogP contribution in [0.1, 0.15) is 37.7 Å². The number of benzene rings is 1. The number of anilines is 1. The lowest BCUT2D eigenvalue weighted by Gasteiger charge is -2.28. The van der Waals surface area contributed by atoms with Gasteiger partial charge in [0, 0.05) is 23.6 Å². The second-order valence-corrected chi connectivity index (χ2v) is 5.99. The van der Waals surface area contributed by atoms with Gasteiger partial charge in [-0.3, -0.25) is 0 Å². The Hall–Kier alpha value is -1.29.